The average Bonchev–Trinajstić information content (AvgIpc) is 2.75. The van der Waals surface area contributed by atoms with Crippen LogP contribution in [-0.2, 0) is 0 Å². The lowest BCUT2D eigenvalue weighted by atomic mass is 9.79. The van der Waals surface area contributed by atoms with E-state index >= 15 is 0 Å². The van der Waals surface area contributed by atoms with E-state index < -0.39 is 6.10 Å². The Morgan fingerprint density at radius 2 is 1.36 bits per heavy atom. The van der Waals surface area contributed by atoms with Crippen LogP contribution in [0.1, 0.15) is 89.4 Å². The number of benzene rings is 2. The van der Waals surface area contributed by atoms with Crippen LogP contribution in [0.25, 0.3) is 5.57 Å². The number of aliphatic hydroxyl groups excluding tert-OH is 1. The molecule has 1 nitrogen and oxygen atoms in total. The van der Waals surface area contributed by atoms with E-state index in [0.717, 1.165) is 24.8 Å². The number of rotatable bonds is 12. The van der Waals surface area contributed by atoms with Crippen LogP contribution in [0, 0.1) is 5.92 Å². The van der Waals surface area contributed by atoms with Crippen LogP contribution in [0.15, 0.2) is 66.2 Å². The summed E-state index contributed by atoms with van der Waals surface area (Å²) < 4.78 is 0. The summed E-state index contributed by atoms with van der Waals surface area (Å²) in [5.74, 6) is 0.512. The lowest BCUT2D eigenvalue weighted by Crippen LogP contribution is -2.12. The van der Waals surface area contributed by atoms with E-state index in [4.69, 9.17) is 0 Å². The predicted molar refractivity (Wildman–Crippen MR) is 122 cm³/mol. The van der Waals surface area contributed by atoms with Gasteiger partial charge in [-0.2, -0.15) is 0 Å². The Balaban J connectivity index is 2.60. The smallest absolute Gasteiger partial charge is 0.101 e. The molecule has 28 heavy (non-hydrogen) atoms. The topological polar surface area (TPSA) is 20.2 Å². The third-order valence-corrected chi connectivity index (χ3v) is 5.63. The summed E-state index contributed by atoms with van der Waals surface area (Å²) in [6.07, 6.45) is 8.70. The summed E-state index contributed by atoms with van der Waals surface area (Å²) in [4.78, 5) is 0. The molecule has 1 N–H and O–H groups in total. The van der Waals surface area contributed by atoms with Crippen LogP contribution >= 0.6 is 0 Å². The van der Waals surface area contributed by atoms with Crippen LogP contribution in [-0.4, -0.2) is 5.11 Å². The minimum Gasteiger partial charge on any atom is -0.384 e. The summed E-state index contributed by atoms with van der Waals surface area (Å²) in [6, 6.07) is 21.0. The second kappa shape index (κ2) is 12.6. The highest BCUT2D eigenvalue weighted by Gasteiger charge is 2.24. The molecule has 0 heterocycles. The van der Waals surface area contributed by atoms with E-state index in [0.29, 0.717) is 5.92 Å². The minimum atomic E-state index is -0.524. The molecular weight excluding hydrogens is 340 g/mol. The molecule has 0 saturated heterocycles. The molecule has 2 atom stereocenters. The molecule has 0 spiro atoms. The van der Waals surface area contributed by atoms with Gasteiger partial charge in [0.1, 0.15) is 6.10 Å². The molecule has 0 aliphatic carbocycles. The number of unbranched alkanes of at least 4 members (excludes halogenated alkanes) is 2. The zero-order chi connectivity index (χ0) is 20.2. The lowest BCUT2D eigenvalue weighted by Gasteiger charge is -2.28. The van der Waals surface area contributed by atoms with E-state index in [2.05, 4.69) is 63.2 Å². The van der Waals surface area contributed by atoms with Gasteiger partial charge in [0.2, 0.25) is 0 Å². The number of aliphatic hydroxyl groups is 1. The maximum atomic E-state index is 11.4. The van der Waals surface area contributed by atoms with Gasteiger partial charge in [-0.1, -0.05) is 107 Å². The number of hydrogen-bond acceptors (Lipinski definition) is 1. The minimum absolute atomic E-state index is 0.512. The molecule has 2 aromatic carbocycles. The van der Waals surface area contributed by atoms with Crippen molar-refractivity contribution in [2.45, 2.75) is 78.2 Å². The Labute approximate surface area is 172 Å². The molecule has 0 saturated carbocycles. The molecule has 0 aliphatic rings. The van der Waals surface area contributed by atoms with Crippen LogP contribution in [0.4, 0.5) is 0 Å². The Morgan fingerprint density at radius 3 is 1.93 bits per heavy atom. The molecule has 0 fully saturated rings. The monoisotopic (exact) mass is 378 g/mol. The van der Waals surface area contributed by atoms with Crippen LogP contribution in [0.2, 0.25) is 0 Å². The molecule has 2 unspecified atom stereocenters. The van der Waals surface area contributed by atoms with Gasteiger partial charge in [-0.15, -0.1) is 0 Å². The molecular formula is C27H38O. The second-order valence-corrected chi connectivity index (χ2v) is 7.85. The van der Waals surface area contributed by atoms with Gasteiger partial charge in [0.15, 0.2) is 0 Å². The second-order valence-electron chi connectivity index (χ2n) is 7.85. The molecule has 152 valence electrons. The van der Waals surface area contributed by atoms with Gasteiger partial charge >= 0.3 is 0 Å². The maximum Gasteiger partial charge on any atom is 0.101 e. The Morgan fingerprint density at radius 1 is 0.750 bits per heavy atom. The Kier molecular flexibility index (Phi) is 10.1. The summed E-state index contributed by atoms with van der Waals surface area (Å²) in [6.45, 7) is 6.78. The number of hydrogen-bond donors (Lipinski definition) is 1. The van der Waals surface area contributed by atoms with Crippen LogP contribution in [0.5, 0.6) is 0 Å². The Bertz CT molecular complexity index is 687. The average molecular weight is 379 g/mol. The van der Waals surface area contributed by atoms with Crippen molar-refractivity contribution >= 4 is 5.57 Å². The van der Waals surface area contributed by atoms with E-state index in [9.17, 15) is 5.11 Å². The van der Waals surface area contributed by atoms with Crippen molar-refractivity contribution in [2.75, 3.05) is 0 Å². The third-order valence-electron chi connectivity index (χ3n) is 5.63. The highest BCUT2D eigenvalue weighted by Crippen LogP contribution is 2.40. The summed E-state index contributed by atoms with van der Waals surface area (Å²) in [5, 5.41) is 11.4. The molecule has 0 aliphatic heterocycles. The molecule has 0 aromatic heterocycles. The van der Waals surface area contributed by atoms with Gasteiger partial charge < -0.3 is 5.11 Å². The van der Waals surface area contributed by atoms with Crippen LogP contribution in [0.3, 0.4) is 0 Å². The molecule has 2 aromatic rings. The van der Waals surface area contributed by atoms with Crippen molar-refractivity contribution < 1.29 is 5.11 Å². The highest BCUT2D eigenvalue weighted by molar-refractivity contribution is 5.71. The Hall–Kier alpha value is -1.86. The molecule has 0 amide bonds. The van der Waals surface area contributed by atoms with E-state index in [-0.39, 0.29) is 0 Å². The van der Waals surface area contributed by atoms with Gasteiger partial charge in [-0.05, 0) is 53.9 Å². The van der Waals surface area contributed by atoms with Gasteiger partial charge in [0.25, 0.3) is 0 Å². The first-order valence-corrected chi connectivity index (χ1v) is 11.2. The fraction of sp³-hybridized carbons (Fsp3) is 0.481. The van der Waals surface area contributed by atoms with E-state index in [1.807, 2.05) is 18.2 Å². The fourth-order valence-electron chi connectivity index (χ4n) is 4.16. The largest absolute Gasteiger partial charge is 0.384 e. The molecule has 2 rings (SSSR count). The first kappa shape index (κ1) is 22.4. The van der Waals surface area contributed by atoms with Crippen molar-refractivity contribution in [1.29, 1.82) is 0 Å². The molecule has 1 heteroatoms. The predicted octanol–water partition coefficient (Wildman–Crippen LogP) is 7.97. The molecule has 0 bridgehead atoms. The normalized spacial score (nSPS) is 14.4. The lowest BCUT2D eigenvalue weighted by molar-refractivity contribution is 0.210. The van der Waals surface area contributed by atoms with Gasteiger partial charge in [0.05, 0.1) is 0 Å². The maximum absolute atomic E-state index is 11.4. The highest BCUT2D eigenvalue weighted by atomic mass is 16.3. The third kappa shape index (κ3) is 6.34. The van der Waals surface area contributed by atoms with Crippen molar-refractivity contribution in [3.63, 3.8) is 0 Å². The van der Waals surface area contributed by atoms with Crippen LogP contribution < -0.4 is 0 Å². The zero-order valence-electron chi connectivity index (χ0n) is 18.0. The van der Waals surface area contributed by atoms with Crippen molar-refractivity contribution in [1.82, 2.24) is 0 Å². The first-order valence-electron chi connectivity index (χ1n) is 11.2. The van der Waals surface area contributed by atoms with Crippen molar-refractivity contribution in [2.24, 2.45) is 5.92 Å². The standard InChI is InChI=1S/C27H38O/c1-4-7-16-22(15-6-3)26(23-17-11-9-12-18-23)25(21-8-5-2)27(28)24-19-13-10-14-20-24/h9-14,17-20,22,27-28H,4-8,15-16,21H2,1-3H3/b26-25-. The van der Waals surface area contributed by atoms with Crippen molar-refractivity contribution in [3.8, 4) is 0 Å². The van der Waals surface area contributed by atoms with E-state index in [1.165, 1.54) is 48.8 Å². The zero-order valence-corrected chi connectivity index (χ0v) is 18.0. The van der Waals surface area contributed by atoms with Gasteiger partial charge in [0, 0.05) is 0 Å². The van der Waals surface area contributed by atoms with Gasteiger partial charge in [-0.3, -0.25) is 0 Å². The SMILES string of the molecule is CCCC/C(=C(/c1ccccc1)C(CCC)CCCC)C(O)c1ccccc1. The van der Waals surface area contributed by atoms with Gasteiger partial charge in [-0.25, -0.2) is 0 Å². The quantitative estimate of drug-likeness (QED) is 0.397. The summed E-state index contributed by atoms with van der Waals surface area (Å²) >= 11 is 0. The summed E-state index contributed by atoms with van der Waals surface area (Å²) in [7, 11) is 0. The van der Waals surface area contributed by atoms with E-state index in [1.54, 1.807) is 0 Å². The summed E-state index contributed by atoms with van der Waals surface area (Å²) in [5.41, 5.74) is 4.93. The van der Waals surface area contributed by atoms with Crippen molar-refractivity contribution in [3.05, 3.63) is 77.4 Å². The number of allylic oxidation sites excluding steroid dienone is 1. The first-order chi connectivity index (χ1) is 13.7. The molecule has 0 radical (unpaired) electrons. The fourth-order valence-corrected chi connectivity index (χ4v) is 4.16.